The van der Waals surface area contributed by atoms with Crippen molar-refractivity contribution in [3.8, 4) is 12.3 Å². The van der Waals surface area contributed by atoms with Gasteiger partial charge in [-0.25, -0.2) is 0 Å². The fourth-order valence-corrected chi connectivity index (χ4v) is 1.13. The second-order valence-electron chi connectivity index (χ2n) is 2.57. The third kappa shape index (κ3) is 1.63. The number of aromatic nitrogens is 1. The van der Waals surface area contributed by atoms with Gasteiger partial charge in [0.25, 0.3) is 0 Å². The summed E-state index contributed by atoms with van der Waals surface area (Å²) < 4.78 is 0. The monoisotopic (exact) mass is 160 g/mol. The Bertz CT molecular complexity index is 299. The summed E-state index contributed by atoms with van der Waals surface area (Å²) in [4.78, 5) is 4.01. The van der Waals surface area contributed by atoms with Crippen LogP contribution in [0.15, 0.2) is 18.5 Å². The maximum absolute atomic E-state index is 5.71. The molecule has 0 aromatic carbocycles. The highest BCUT2D eigenvalue weighted by Crippen LogP contribution is 2.14. The Labute approximate surface area is 72.8 Å². The summed E-state index contributed by atoms with van der Waals surface area (Å²) >= 11 is 0. The van der Waals surface area contributed by atoms with E-state index in [4.69, 9.17) is 12.2 Å². The molecule has 1 atom stereocenters. The predicted octanol–water partition coefficient (Wildman–Crippen LogP) is 1.28. The van der Waals surface area contributed by atoms with E-state index in [9.17, 15) is 0 Å². The normalized spacial score (nSPS) is 12.1. The van der Waals surface area contributed by atoms with Crippen LogP contribution in [0.1, 0.15) is 24.1 Å². The minimum absolute atomic E-state index is 0.303. The van der Waals surface area contributed by atoms with E-state index < -0.39 is 0 Å². The van der Waals surface area contributed by atoms with Crippen LogP contribution in [0.3, 0.4) is 0 Å². The molecule has 2 N–H and O–H groups in total. The van der Waals surface area contributed by atoms with Gasteiger partial charge in [-0.2, -0.15) is 0 Å². The fraction of sp³-hybridized carbons (Fsp3) is 0.300. The van der Waals surface area contributed by atoms with Crippen LogP contribution in [0.5, 0.6) is 0 Å². The number of pyridine rings is 1. The summed E-state index contributed by atoms with van der Waals surface area (Å²) in [7, 11) is 0. The molecule has 0 aliphatic rings. The minimum atomic E-state index is -0.303. The van der Waals surface area contributed by atoms with Crippen LogP contribution in [0.25, 0.3) is 0 Å². The van der Waals surface area contributed by atoms with Gasteiger partial charge < -0.3 is 5.73 Å². The molecule has 12 heavy (non-hydrogen) atoms. The highest BCUT2D eigenvalue weighted by atomic mass is 14.7. The third-order valence-electron chi connectivity index (χ3n) is 1.84. The number of nitrogens with zero attached hydrogens (tertiary/aromatic N) is 1. The van der Waals surface area contributed by atoms with E-state index in [0.29, 0.717) is 0 Å². The van der Waals surface area contributed by atoms with Gasteiger partial charge in [0.15, 0.2) is 0 Å². The lowest BCUT2D eigenvalue weighted by atomic mass is 10.0. The Morgan fingerprint density at radius 3 is 3.08 bits per heavy atom. The zero-order valence-electron chi connectivity index (χ0n) is 7.12. The number of rotatable bonds is 2. The van der Waals surface area contributed by atoms with E-state index in [1.54, 1.807) is 6.20 Å². The Morgan fingerprint density at radius 1 is 1.75 bits per heavy atom. The van der Waals surface area contributed by atoms with Crippen LogP contribution in [0.2, 0.25) is 0 Å². The third-order valence-corrected chi connectivity index (χ3v) is 1.84. The Kier molecular flexibility index (Phi) is 2.84. The van der Waals surface area contributed by atoms with Crippen LogP contribution in [0, 0.1) is 12.3 Å². The van der Waals surface area contributed by atoms with Gasteiger partial charge in [0.05, 0.1) is 6.04 Å². The van der Waals surface area contributed by atoms with Crippen LogP contribution in [-0.2, 0) is 6.42 Å². The van der Waals surface area contributed by atoms with E-state index in [1.807, 2.05) is 12.3 Å². The van der Waals surface area contributed by atoms with Gasteiger partial charge in [0.2, 0.25) is 0 Å². The Balaban J connectivity index is 3.06. The van der Waals surface area contributed by atoms with Gasteiger partial charge in [-0.15, -0.1) is 6.42 Å². The first-order chi connectivity index (χ1) is 5.79. The first-order valence-corrected chi connectivity index (χ1v) is 3.94. The van der Waals surface area contributed by atoms with E-state index in [2.05, 4.69) is 17.8 Å². The molecular weight excluding hydrogens is 148 g/mol. The van der Waals surface area contributed by atoms with Gasteiger partial charge in [0.1, 0.15) is 0 Å². The molecule has 0 radical (unpaired) electrons. The maximum Gasteiger partial charge on any atom is 0.0922 e. The highest BCUT2D eigenvalue weighted by molar-refractivity contribution is 5.31. The number of hydrogen-bond acceptors (Lipinski definition) is 2. The first-order valence-electron chi connectivity index (χ1n) is 3.94. The molecule has 62 valence electrons. The van der Waals surface area contributed by atoms with Gasteiger partial charge in [-0.05, 0) is 23.6 Å². The molecule has 0 aliphatic heterocycles. The molecule has 1 unspecified atom stereocenters. The summed E-state index contributed by atoms with van der Waals surface area (Å²) in [6.45, 7) is 2.06. The summed E-state index contributed by atoms with van der Waals surface area (Å²) in [5.74, 6) is 2.51. The largest absolute Gasteiger partial charge is 0.314 e. The van der Waals surface area contributed by atoms with Crippen molar-refractivity contribution in [1.29, 1.82) is 0 Å². The SMILES string of the molecule is C#CC(N)c1ccncc1CC. The molecule has 0 bridgehead atoms. The molecule has 1 aromatic heterocycles. The lowest BCUT2D eigenvalue weighted by Crippen LogP contribution is -2.10. The van der Waals surface area contributed by atoms with Crippen molar-refractivity contribution in [2.45, 2.75) is 19.4 Å². The predicted molar refractivity (Wildman–Crippen MR) is 49.4 cm³/mol. The fourth-order valence-electron chi connectivity index (χ4n) is 1.13. The highest BCUT2D eigenvalue weighted by Gasteiger charge is 2.05. The van der Waals surface area contributed by atoms with Crippen LogP contribution < -0.4 is 5.73 Å². The molecule has 0 amide bonds. The van der Waals surface area contributed by atoms with Gasteiger partial charge in [0, 0.05) is 12.4 Å². The first kappa shape index (κ1) is 8.76. The number of aryl methyl sites for hydroxylation is 1. The molecular formula is C10H12N2. The van der Waals surface area contributed by atoms with Crippen LogP contribution in [0.4, 0.5) is 0 Å². The van der Waals surface area contributed by atoms with Crippen LogP contribution in [-0.4, -0.2) is 4.98 Å². The zero-order chi connectivity index (χ0) is 8.97. The molecule has 1 heterocycles. The van der Waals surface area contributed by atoms with Gasteiger partial charge in [-0.3, -0.25) is 4.98 Å². The van der Waals surface area contributed by atoms with Crippen molar-refractivity contribution in [1.82, 2.24) is 4.98 Å². The van der Waals surface area contributed by atoms with E-state index >= 15 is 0 Å². The van der Waals surface area contributed by atoms with Crippen molar-refractivity contribution >= 4 is 0 Å². The molecule has 1 rings (SSSR count). The summed E-state index contributed by atoms with van der Waals surface area (Å²) in [5, 5.41) is 0. The van der Waals surface area contributed by atoms with E-state index in [1.165, 1.54) is 0 Å². The molecule has 0 fully saturated rings. The van der Waals surface area contributed by atoms with Crippen molar-refractivity contribution in [3.05, 3.63) is 29.6 Å². The smallest absolute Gasteiger partial charge is 0.0922 e. The zero-order valence-corrected chi connectivity index (χ0v) is 7.12. The molecule has 0 saturated heterocycles. The topological polar surface area (TPSA) is 38.9 Å². The Morgan fingerprint density at radius 2 is 2.50 bits per heavy atom. The molecule has 1 aromatic rings. The summed E-state index contributed by atoms with van der Waals surface area (Å²) in [6.07, 6.45) is 9.67. The van der Waals surface area contributed by atoms with Crippen molar-refractivity contribution in [2.24, 2.45) is 5.73 Å². The summed E-state index contributed by atoms with van der Waals surface area (Å²) in [5.41, 5.74) is 7.84. The molecule has 2 nitrogen and oxygen atoms in total. The average molecular weight is 160 g/mol. The average Bonchev–Trinajstić information content (AvgIpc) is 2.16. The maximum atomic E-state index is 5.71. The second kappa shape index (κ2) is 3.89. The quantitative estimate of drug-likeness (QED) is 0.662. The molecule has 0 spiro atoms. The second-order valence-corrected chi connectivity index (χ2v) is 2.57. The molecule has 0 saturated carbocycles. The number of terminal acetylenes is 1. The van der Waals surface area contributed by atoms with Crippen molar-refractivity contribution in [2.75, 3.05) is 0 Å². The molecule has 2 heteroatoms. The van der Waals surface area contributed by atoms with Crippen molar-refractivity contribution < 1.29 is 0 Å². The van der Waals surface area contributed by atoms with Gasteiger partial charge >= 0.3 is 0 Å². The lowest BCUT2D eigenvalue weighted by Gasteiger charge is -2.08. The van der Waals surface area contributed by atoms with Crippen molar-refractivity contribution in [3.63, 3.8) is 0 Å². The molecule has 0 aliphatic carbocycles. The summed E-state index contributed by atoms with van der Waals surface area (Å²) in [6, 6.07) is 1.58. The van der Waals surface area contributed by atoms with Gasteiger partial charge in [-0.1, -0.05) is 12.8 Å². The standard InChI is InChI=1S/C10H12N2/c1-3-8-7-12-6-5-9(8)10(11)4-2/h2,5-7,10H,3,11H2,1H3. The lowest BCUT2D eigenvalue weighted by molar-refractivity contribution is 0.903. The number of nitrogens with two attached hydrogens (primary N) is 1. The Hall–Kier alpha value is -1.33. The minimum Gasteiger partial charge on any atom is -0.314 e. The van der Waals surface area contributed by atoms with E-state index in [0.717, 1.165) is 17.5 Å². The van der Waals surface area contributed by atoms with Crippen LogP contribution >= 0.6 is 0 Å². The van der Waals surface area contributed by atoms with E-state index in [-0.39, 0.29) is 6.04 Å². The number of hydrogen-bond donors (Lipinski definition) is 1.